The predicted octanol–water partition coefficient (Wildman–Crippen LogP) is 3.93. The van der Waals surface area contributed by atoms with Crippen LogP contribution in [0.3, 0.4) is 0 Å². The Morgan fingerprint density at radius 2 is 2.08 bits per heavy atom. The van der Waals surface area contributed by atoms with Gasteiger partial charge in [-0.25, -0.2) is 0 Å². The first-order chi connectivity index (χ1) is 11.3. The van der Waals surface area contributed by atoms with Gasteiger partial charge < -0.3 is 4.90 Å². The third-order valence-corrected chi connectivity index (χ3v) is 4.53. The van der Waals surface area contributed by atoms with Crippen molar-refractivity contribution in [1.29, 1.82) is 0 Å². The zero-order valence-electron chi connectivity index (χ0n) is 14.3. The van der Waals surface area contributed by atoms with E-state index in [4.69, 9.17) is 0 Å². The summed E-state index contributed by atoms with van der Waals surface area (Å²) in [6.07, 6.45) is -0.169. The normalized spacial score (nSPS) is 18.9. The summed E-state index contributed by atoms with van der Waals surface area (Å²) >= 11 is 0. The van der Waals surface area contributed by atoms with E-state index < -0.39 is 11.7 Å². The molecular formula is C18H25F3N2O. The number of carbonyl (C=O) groups is 1. The molecule has 0 saturated carbocycles. The lowest BCUT2D eigenvalue weighted by Crippen LogP contribution is -2.47. The monoisotopic (exact) mass is 342 g/mol. The minimum Gasteiger partial charge on any atom is -0.339 e. The van der Waals surface area contributed by atoms with Crippen LogP contribution in [0.1, 0.15) is 43.7 Å². The summed E-state index contributed by atoms with van der Waals surface area (Å²) in [5, 5.41) is 0. The Morgan fingerprint density at radius 1 is 1.33 bits per heavy atom. The highest BCUT2D eigenvalue weighted by Crippen LogP contribution is 2.29. The summed E-state index contributed by atoms with van der Waals surface area (Å²) in [4.78, 5) is 16.2. The number of benzene rings is 1. The second-order valence-corrected chi connectivity index (χ2v) is 6.52. The van der Waals surface area contributed by atoms with Gasteiger partial charge in [-0.2, -0.15) is 13.2 Å². The molecule has 1 aliphatic heterocycles. The van der Waals surface area contributed by atoms with Crippen molar-refractivity contribution in [2.75, 3.05) is 20.1 Å². The van der Waals surface area contributed by atoms with Crippen molar-refractivity contribution in [3.63, 3.8) is 0 Å². The van der Waals surface area contributed by atoms with Gasteiger partial charge in [0.1, 0.15) is 0 Å². The summed E-state index contributed by atoms with van der Waals surface area (Å²) < 4.78 is 38.3. The first-order valence-electron chi connectivity index (χ1n) is 8.45. The number of likely N-dealkylation sites (tertiary alicyclic amines) is 1. The van der Waals surface area contributed by atoms with Crippen LogP contribution >= 0.6 is 0 Å². The number of nitrogens with zero attached hydrogens (tertiary/aromatic N) is 2. The average molecular weight is 342 g/mol. The number of rotatable bonds is 5. The topological polar surface area (TPSA) is 23.6 Å². The minimum atomic E-state index is -4.34. The molecule has 134 valence electrons. The fourth-order valence-corrected chi connectivity index (χ4v) is 3.29. The summed E-state index contributed by atoms with van der Waals surface area (Å²) in [5.74, 6) is 0.0658. The fraction of sp³-hybridized carbons (Fsp3) is 0.611. The van der Waals surface area contributed by atoms with Crippen LogP contribution in [-0.2, 0) is 17.5 Å². The highest BCUT2D eigenvalue weighted by atomic mass is 19.4. The van der Waals surface area contributed by atoms with E-state index >= 15 is 0 Å². The number of carbonyl (C=O) groups excluding carboxylic acids is 1. The fourth-order valence-electron chi connectivity index (χ4n) is 3.29. The van der Waals surface area contributed by atoms with E-state index in [1.807, 2.05) is 4.90 Å². The molecule has 6 heteroatoms. The maximum absolute atomic E-state index is 12.8. The van der Waals surface area contributed by atoms with Crippen LogP contribution in [0.4, 0.5) is 13.2 Å². The molecule has 1 aliphatic rings. The Balaban J connectivity index is 1.95. The molecule has 24 heavy (non-hydrogen) atoms. The number of likely N-dealkylation sites (N-methyl/N-ethyl adjacent to an activating group) is 1. The smallest absolute Gasteiger partial charge is 0.339 e. The zero-order chi connectivity index (χ0) is 17.7. The second kappa shape index (κ2) is 8.01. The lowest BCUT2D eigenvalue weighted by Gasteiger charge is -2.36. The molecule has 1 aromatic carbocycles. The maximum atomic E-state index is 12.8. The Bertz CT molecular complexity index is 559. The standard InChI is InChI=1S/C18H25F3N2O/c1-3-16-9-4-5-10-23(16)17(24)13-22(2)12-14-7-6-8-15(11-14)18(19,20)21/h6-8,11,16H,3-5,9-10,12-13H2,1-2H3. The molecule has 0 N–H and O–H groups in total. The zero-order valence-corrected chi connectivity index (χ0v) is 14.3. The van der Waals surface area contributed by atoms with E-state index in [9.17, 15) is 18.0 Å². The van der Waals surface area contributed by atoms with Crippen molar-refractivity contribution in [1.82, 2.24) is 9.80 Å². The Morgan fingerprint density at radius 3 is 2.75 bits per heavy atom. The summed E-state index contributed by atoms with van der Waals surface area (Å²) in [6, 6.07) is 5.58. The van der Waals surface area contributed by atoms with Crippen molar-refractivity contribution >= 4 is 5.91 Å². The van der Waals surface area contributed by atoms with Gasteiger partial charge in [0.15, 0.2) is 0 Å². The quantitative estimate of drug-likeness (QED) is 0.809. The lowest BCUT2D eigenvalue weighted by molar-refractivity contribution is -0.138. The maximum Gasteiger partial charge on any atom is 0.416 e. The number of hydrogen-bond acceptors (Lipinski definition) is 2. The van der Waals surface area contributed by atoms with Gasteiger partial charge in [-0.1, -0.05) is 25.1 Å². The number of piperidine rings is 1. The summed E-state index contributed by atoms with van der Waals surface area (Å²) in [7, 11) is 1.77. The van der Waals surface area contributed by atoms with Crippen molar-refractivity contribution in [2.45, 2.75) is 51.4 Å². The van der Waals surface area contributed by atoms with Gasteiger partial charge in [-0.3, -0.25) is 9.69 Å². The largest absolute Gasteiger partial charge is 0.416 e. The van der Waals surface area contributed by atoms with Gasteiger partial charge in [-0.05, 0) is 44.4 Å². The van der Waals surface area contributed by atoms with E-state index in [2.05, 4.69) is 6.92 Å². The minimum absolute atomic E-state index is 0.0658. The van der Waals surface area contributed by atoms with Crippen LogP contribution in [0.5, 0.6) is 0 Å². The Labute approximate surface area is 141 Å². The van der Waals surface area contributed by atoms with Crippen LogP contribution in [0.2, 0.25) is 0 Å². The molecule has 1 saturated heterocycles. The molecule has 0 aliphatic carbocycles. The van der Waals surface area contributed by atoms with Gasteiger partial charge >= 0.3 is 6.18 Å². The number of hydrogen-bond donors (Lipinski definition) is 0. The van der Waals surface area contributed by atoms with Crippen molar-refractivity contribution in [3.8, 4) is 0 Å². The third-order valence-electron chi connectivity index (χ3n) is 4.53. The van der Waals surface area contributed by atoms with Crippen molar-refractivity contribution in [3.05, 3.63) is 35.4 Å². The first-order valence-corrected chi connectivity index (χ1v) is 8.45. The van der Waals surface area contributed by atoms with Crippen LogP contribution in [0, 0.1) is 0 Å². The predicted molar refractivity (Wildman–Crippen MR) is 87.4 cm³/mol. The summed E-state index contributed by atoms with van der Waals surface area (Å²) in [5.41, 5.74) is -0.0902. The Hall–Kier alpha value is -1.56. The molecule has 1 unspecified atom stereocenters. The first kappa shape index (κ1) is 18.8. The molecule has 0 spiro atoms. The molecule has 0 radical (unpaired) electrons. The number of alkyl halides is 3. The molecule has 1 aromatic rings. The van der Waals surface area contributed by atoms with Gasteiger partial charge in [0.25, 0.3) is 0 Å². The molecule has 1 amide bonds. The van der Waals surface area contributed by atoms with Crippen molar-refractivity contribution < 1.29 is 18.0 Å². The van der Waals surface area contributed by atoms with Gasteiger partial charge in [0, 0.05) is 19.1 Å². The number of halogens is 3. The molecule has 1 heterocycles. The second-order valence-electron chi connectivity index (χ2n) is 6.52. The molecule has 0 aromatic heterocycles. The summed E-state index contributed by atoms with van der Waals surface area (Å²) in [6.45, 7) is 3.42. The van der Waals surface area contributed by atoms with E-state index in [1.54, 1.807) is 18.0 Å². The lowest BCUT2D eigenvalue weighted by atomic mass is 10.00. The molecule has 1 fully saturated rings. The van der Waals surface area contributed by atoms with E-state index in [-0.39, 0.29) is 12.5 Å². The van der Waals surface area contributed by atoms with Crippen LogP contribution in [0.15, 0.2) is 24.3 Å². The highest BCUT2D eigenvalue weighted by molar-refractivity contribution is 5.78. The van der Waals surface area contributed by atoms with E-state index in [1.165, 1.54) is 6.07 Å². The molecule has 1 atom stereocenters. The van der Waals surface area contributed by atoms with Gasteiger partial charge in [-0.15, -0.1) is 0 Å². The molecular weight excluding hydrogens is 317 g/mol. The van der Waals surface area contributed by atoms with Gasteiger partial charge in [0.05, 0.1) is 12.1 Å². The number of amides is 1. The van der Waals surface area contributed by atoms with E-state index in [0.29, 0.717) is 18.2 Å². The van der Waals surface area contributed by atoms with Crippen LogP contribution < -0.4 is 0 Å². The SMILES string of the molecule is CCC1CCCCN1C(=O)CN(C)Cc1cccc(C(F)(F)F)c1. The van der Waals surface area contributed by atoms with Crippen LogP contribution in [-0.4, -0.2) is 41.9 Å². The Kier molecular flexibility index (Phi) is 6.27. The van der Waals surface area contributed by atoms with Crippen molar-refractivity contribution in [2.24, 2.45) is 0 Å². The van der Waals surface area contributed by atoms with E-state index in [0.717, 1.165) is 44.4 Å². The molecule has 2 rings (SSSR count). The molecule has 3 nitrogen and oxygen atoms in total. The van der Waals surface area contributed by atoms with Gasteiger partial charge in [0.2, 0.25) is 5.91 Å². The highest BCUT2D eigenvalue weighted by Gasteiger charge is 2.30. The van der Waals surface area contributed by atoms with Crippen LogP contribution in [0.25, 0.3) is 0 Å². The average Bonchev–Trinajstić information content (AvgIpc) is 2.54. The molecule has 0 bridgehead atoms. The third kappa shape index (κ3) is 4.97.